The first-order valence-electron chi connectivity index (χ1n) is 5.96. The van der Waals surface area contributed by atoms with Crippen molar-refractivity contribution in [3.63, 3.8) is 0 Å². The van der Waals surface area contributed by atoms with E-state index in [0.717, 1.165) is 6.42 Å². The number of rotatable bonds is 6. The van der Waals surface area contributed by atoms with Gasteiger partial charge in [-0.25, -0.2) is 0 Å². The summed E-state index contributed by atoms with van der Waals surface area (Å²) in [6.45, 7) is 2.79. The van der Waals surface area contributed by atoms with Crippen molar-refractivity contribution < 1.29 is 9.90 Å². The van der Waals surface area contributed by atoms with Gasteiger partial charge in [0.25, 0.3) is 0 Å². The topological polar surface area (TPSA) is 52.6 Å². The second kappa shape index (κ2) is 7.24. The number of amides is 1. The van der Waals surface area contributed by atoms with Gasteiger partial charge in [0.1, 0.15) is 0 Å². The molecule has 1 rings (SSSR count). The first-order valence-corrected chi connectivity index (χ1v) is 6.34. The lowest BCUT2D eigenvalue weighted by atomic mass is 10.1. The number of aliphatic hydroxyl groups excluding tert-OH is 1. The summed E-state index contributed by atoms with van der Waals surface area (Å²) in [7, 11) is 1.78. The highest BCUT2D eigenvalue weighted by atomic mass is 35.5. The number of benzene rings is 1. The largest absolute Gasteiger partial charge is 0.392 e. The van der Waals surface area contributed by atoms with E-state index in [-0.39, 0.29) is 19.1 Å². The van der Waals surface area contributed by atoms with Gasteiger partial charge in [-0.15, -0.1) is 0 Å². The molecule has 1 aromatic rings. The lowest BCUT2D eigenvalue weighted by Gasteiger charge is -2.22. The highest BCUT2D eigenvalue weighted by Crippen LogP contribution is 2.28. The Morgan fingerprint density at radius 1 is 1.50 bits per heavy atom. The first-order chi connectivity index (χ1) is 8.60. The number of nitrogens with zero attached hydrogens (tertiary/aromatic N) is 1. The Hall–Kier alpha value is -1.26. The van der Waals surface area contributed by atoms with Crippen LogP contribution in [0.2, 0.25) is 5.02 Å². The molecule has 0 aromatic heterocycles. The minimum Gasteiger partial charge on any atom is -0.392 e. The van der Waals surface area contributed by atoms with Crippen LogP contribution in [0.5, 0.6) is 0 Å². The number of likely N-dealkylation sites (N-methyl/N-ethyl adjacent to an activating group) is 1. The Morgan fingerprint density at radius 3 is 2.83 bits per heavy atom. The predicted molar refractivity (Wildman–Crippen MR) is 73.9 cm³/mol. The molecule has 0 atom stereocenters. The van der Waals surface area contributed by atoms with Gasteiger partial charge in [0.2, 0.25) is 5.91 Å². The number of hydrogen-bond acceptors (Lipinski definition) is 3. The third kappa shape index (κ3) is 3.89. The maximum Gasteiger partial charge on any atom is 0.239 e. The summed E-state index contributed by atoms with van der Waals surface area (Å²) in [5.41, 5.74) is 1.42. The van der Waals surface area contributed by atoms with Crippen LogP contribution in [0.1, 0.15) is 18.9 Å². The van der Waals surface area contributed by atoms with Crippen molar-refractivity contribution in [2.45, 2.75) is 20.0 Å². The van der Waals surface area contributed by atoms with Gasteiger partial charge in [-0.05, 0) is 12.5 Å². The molecule has 0 aliphatic rings. The molecule has 0 aliphatic heterocycles. The highest BCUT2D eigenvalue weighted by Gasteiger charge is 2.13. The van der Waals surface area contributed by atoms with Crippen molar-refractivity contribution in [3.05, 3.63) is 28.8 Å². The van der Waals surface area contributed by atoms with Crippen LogP contribution < -0.4 is 10.2 Å². The van der Waals surface area contributed by atoms with Crippen molar-refractivity contribution in [2.75, 3.05) is 25.0 Å². The lowest BCUT2D eigenvalue weighted by molar-refractivity contribution is -0.119. The van der Waals surface area contributed by atoms with Crippen molar-refractivity contribution in [1.82, 2.24) is 5.32 Å². The van der Waals surface area contributed by atoms with Crippen LogP contribution in [0, 0.1) is 0 Å². The quantitative estimate of drug-likeness (QED) is 0.829. The second-order valence-electron chi connectivity index (χ2n) is 4.11. The Bertz CT molecular complexity index is 410. The van der Waals surface area contributed by atoms with Crippen LogP contribution in [0.25, 0.3) is 0 Å². The molecule has 0 spiro atoms. The second-order valence-corrected chi connectivity index (χ2v) is 4.52. The molecule has 0 saturated carbocycles. The summed E-state index contributed by atoms with van der Waals surface area (Å²) in [5, 5.41) is 12.6. The summed E-state index contributed by atoms with van der Waals surface area (Å²) in [6, 6.07) is 5.32. The fraction of sp³-hybridized carbons (Fsp3) is 0.462. The smallest absolute Gasteiger partial charge is 0.239 e. The number of carbonyl (C=O) groups is 1. The molecule has 0 radical (unpaired) electrons. The van der Waals surface area contributed by atoms with Gasteiger partial charge in [-0.2, -0.15) is 0 Å². The van der Waals surface area contributed by atoms with Crippen LogP contribution in [0.3, 0.4) is 0 Å². The maximum atomic E-state index is 11.6. The molecule has 0 fully saturated rings. The number of carbonyl (C=O) groups excluding carboxylic acids is 1. The van der Waals surface area contributed by atoms with Gasteiger partial charge >= 0.3 is 0 Å². The van der Waals surface area contributed by atoms with Crippen molar-refractivity contribution >= 4 is 23.2 Å². The summed E-state index contributed by atoms with van der Waals surface area (Å²) < 4.78 is 0. The summed E-state index contributed by atoms with van der Waals surface area (Å²) in [6.07, 6.45) is 0.906. The third-order valence-electron chi connectivity index (χ3n) is 2.58. The third-order valence-corrected chi connectivity index (χ3v) is 2.88. The molecule has 2 N–H and O–H groups in total. The zero-order valence-electron chi connectivity index (χ0n) is 10.7. The van der Waals surface area contributed by atoms with Crippen molar-refractivity contribution in [3.8, 4) is 0 Å². The van der Waals surface area contributed by atoms with Gasteiger partial charge in [0.15, 0.2) is 0 Å². The number of halogens is 1. The molecular weight excluding hydrogens is 252 g/mol. The number of anilines is 1. The molecule has 0 heterocycles. The minimum absolute atomic E-state index is 0.0526. The van der Waals surface area contributed by atoms with Gasteiger partial charge in [-0.1, -0.05) is 30.7 Å². The fourth-order valence-electron chi connectivity index (χ4n) is 1.73. The van der Waals surface area contributed by atoms with E-state index in [1.807, 2.05) is 6.92 Å². The summed E-state index contributed by atoms with van der Waals surface area (Å²) in [4.78, 5) is 13.4. The average molecular weight is 271 g/mol. The molecule has 0 saturated heterocycles. The summed E-state index contributed by atoms with van der Waals surface area (Å²) >= 11 is 6.11. The standard InChI is InChI=1S/C13H19ClN2O2/c1-3-7-15-12(18)8-16(2)13-10(9-17)5-4-6-11(13)14/h4-6,17H,3,7-9H2,1-2H3,(H,15,18). The van der Waals surface area contributed by atoms with E-state index in [1.165, 1.54) is 0 Å². The Morgan fingerprint density at radius 2 is 2.22 bits per heavy atom. The average Bonchev–Trinajstić information content (AvgIpc) is 2.35. The first kappa shape index (κ1) is 14.8. The van der Waals surface area contributed by atoms with E-state index in [1.54, 1.807) is 30.1 Å². The number of hydrogen-bond donors (Lipinski definition) is 2. The molecule has 0 unspecified atom stereocenters. The van der Waals surface area contributed by atoms with E-state index in [2.05, 4.69) is 5.32 Å². The number of nitrogens with one attached hydrogen (secondary N) is 1. The van der Waals surface area contributed by atoms with Crippen LogP contribution in [-0.2, 0) is 11.4 Å². The van der Waals surface area contributed by atoms with Gasteiger partial charge in [0, 0.05) is 19.2 Å². The number of aliphatic hydroxyl groups is 1. The van der Waals surface area contributed by atoms with Crippen LogP contribution in [0.4, 0.5) is 5.69 Å². The van der Waals surface area contributed by atoms with Crippen LogP contribution in [-0.4, -0.2) is 31.2 Å². The van der Waals surface area contributed by atoms with E-state index in [0.29, 0.717) is 22.8 Å². The molecule has 0 aliphatic carbocycles. The monoisotopic (exact) mass is 270 g/mol. The molecule has 1 aromatic carbocycles. The lowest BCUT2D eigenvalue weighted by Crippen LogP contribution is -2.36. The SMILES string of the molecule is CCCNC(=O)CN(C)c1c(Cl)cccc1CO. The molecule has 0 bridgehead atoms. The zero-order chi connectivity index (χ0) is 13.5. The van der Waals surface area contributed by atoms with E-state index in [9.17, 15) is 9.90 Å². The molecular formula is C13H19ClN2O2. The van der Waals surface area contributed by atoms with E-state index < -0.39 is 0 Å². The predicted octanol–water partition coefficient (Wildman–Crippen LogP) is 1.79. The zero-order valence-corrected chi connectivity index (χ0v) is 11.5. The Balaban J connectivity index is 2.77. The van der Waals surface area contributed by atoms with Crippen molar-refractivity contribution in [1.29, 1.82) is 0 Å². The van der Waals surface area contributed by atoms with Crippen molar-refractivity contribution in [2.24, 2.45) is 0 Å². The van der Waals surface area contributed by atoms with E-state index in [4.69, 9.17) is 11.6 Å². The molecule has 4 nitrogen and oxygen atoms in total. The van der Waals surface area contributed by atoms with E-state index >= 15 is 0 Å². The molecule has 5 heteroatoms. The minimum atomic E-state index is -0.100. The van der Waals surface area contributed by atoms with Gasteiger partial charge < -0.3 is 15.3 Å². The Labute approximate surface area is 113 Å². The maximum absolute atomic E-state index is 11.6. The highest BCUT2D eigenvalue weighted by molar-refractivity contribution is 6.33. The molecule has 100 valence electrons. The fourth-order valence-corrected chi connectivity index (χ4v) is 2.07. The summed E-state index contributed by atoms with van der Waals surface area (Å²) in [5.74, 6) is -0.0526. The Kier molecular flexibility index (Phi) is 5.95. The number of para-hydroxylation sites is 1. The molecule has 1 amide bonds. The van der Waals surface area contributed by atoms with Gasteiger partial charge in [0.05, 0.1) is 23.9 Å². The molecule has 18 heavy (non-hydrogen) atoms. The van der Waals surface area contributed by atoms with Crippen LogP contribution >= 0.6 is 11.6 Å². The van der Waals surface area contributed by atoms with Crippen LogP contribution in [0.15, 0.2) is 18.2 Å². The van der Waals surface area contributed by atoms with Gasteiger partial charge in [-0.3, -0.25) is 4.79 Å². The normalized spacial score (nSPS) is 10.2.